The summed E-state index contributed by atoms with van der Waals surface area (Å²) in [6.07, 6.45) is -0.155. The highest BCUT2D eigenvalue weighted by molar-refractivity contribution is 6.27. The highest BCUT2D eigenvalue weighted by atomic mass is 35.5. The average molecular weight is 278 g/mol. The van der Waals surface area contributed by atoms with E-state index < -0.39 is 17.2 Å². The van der Waals surface area contributed by atoms with E-state index in [2.05, 4.69) is 0 Å². The number of carbonyl (C=O) groups is 2. The van der Waals surface area contributed by atoms with Crippen molar-refractivity contribution in [3.05, 3.63) is 0 Å². The molecule has 0 N–H and O–H groups in total. The van der Waals surface area contributed by atoms with Gasteiger partial charge < -0.3 is 9.64 Å². The second kappa shape index (κ2) is 6.41. The Kier molecular flexibility index (Phi) is 6.14. The molecule has 0 radical (unpaired) electrons. The Morgan fingerprint density at radius 2 is 1.61 bits per heavy atom. The van der Waals surface area contributed by atoms with Crippen molar-refractivity contribution >= 4 is 23.5 Å². The van der Waals surface area contributed by atoms with Crippen LogP contribution in [0, 0.1) is 0 Å². The Balaban J connectivity index is 4.70. The molecule has 0 aromatic heterocycles. The Bertz CT molecular complexity index is 302. The molecule has 0 rings (SSSR count). The van der Waals surface area contributed by atoms with Crippen LogP contribution >= 0.6 is 11.6 Å². The van der Waals surface area contributed by atoms with Crippen LogP contribution < -0.4 is 0 Å². The summed E-state index contributed by atoms with van der Waals surface area (Å²) in [6, 6.07) is 0. The second-order valence-corrected chi connectivity index (χ2v) is 6.49. The Labute approximate surface area is 115 Å². The summed E-state index contributed by atoms with van der Waals surface area (Å²) in [5, 5.41) is 0. The molecular weight excluding hydrogens is 254 g/mol. The molecule has 18 heavy (non-hydrogen) atoms. The molecule has 0 aromatic rings. The molecule has 0 aliphatic carbocycles. The van der Waals surface area contributed by atoms with Gasteiger partial charge in [-0.25, -0.2) is 4.79 Å². The van der Waals surface area contributed by atoms with Crippen LogP contribution in [0.15, 0.2) is 0 Å². The normalized spacial score (nSPS) is 12.2. The van der Waals surface area contributed by atoms with Gasteiger partial charge in [-0.2, -0.15) is 0 Å². The second-order valence-electron chi connectivity index (χ2n) is 6.23. The summed E-state index contributed by atoms with van der Waals surface area (Å²) in [5.74, 6) is -0.0961. The molecule has 0 spiro atoms. The van der Waals surface area contributed by atoms with E-state index in [1.807, 2.05) is 41.5 Å². The molecular formula is C13H24ClNO3. The first-order valence-corrected chi connectivity index (χ1v) is 6.59. The van der Waals surface area contributed by atoms with Gasteiger partial charge in [0.05, 0.1) is 5.88 Å². The van der Waals surface area contributed by atoms with E-state index in [1.165, 1.54) is 0 Å². The molecule has 0 aromatic carbocycles. The number of Topliss-reactive ketones (excluding diaryl/α,β-unsaturated/α-hetero) is 1. The maximum Gasteiger partial charge on any atom is 0.410 e. The zero-order valence-corrected chi connectivity index (χ0v) is 12.9. The van der Waals surface area contributed by atoms with E-state index in [1.54, 1.807) is 4.90 Å². The molecule has 0 aliphatic heterocycles. The lowest BCUT2D eigenvalue weighted by atomic mass is 10.1. The number of hydrogen-bond acceptors (Lipinski definition) is 3. The van der Waals surface area contributed by atoms with E-state index in [-0.39, 0.29) is 18.1 Å². The molecule has 0 heterocycles. The summed E-state index contributed by atoms with van der Waals surface area (Å²) in [5.41, 5.74) is -0.938. The lowest BCUT2D eigenvalue weighted by Crippen LogP contribution is -2.48. The number of nitrogens with zero attached hydrogens (tertiary/aromatic N) is 1. The number of carbonyl (C=O) groups excluding carboxylic acids is 2. The number of ether oxygens (including phenoxy) is 1. The topological polar surface area (TPSA) is 46.6 Å². The predicted octanol–water partition coefficient (Wildman–Crippen LogP) is 3.22. The first-order valence-electron chi connectivity index (χ1n) is 6.05. The van der Waals surface area contributed by atoms with Crippen molar-refractivity contribution in [3.8, 4) is 0 Å². The van der Waals surface area contributed by atoms with E-state index in [0.717, 1.165) is 0 Å². The Hall–Kier alpha value is -0.770. The summed E-state index contributed by atoms with van der Waals surface area (Å²) in [6.45, 7) is 11.5. The fraction of sp³-hybridized carbons (Fsp3) is 0.846. The Morgan fingerprint density at radius 3 is 1.94 bits per heavy atom. The van der Waals surface area contributed by atoms with Crippen molar-refractivity contribution in [2.45, 2.75) is 59.1 Å². The van der Waals surface area contributed by atoms with E-state index in [4.69, 9.17) is 16.3 Å². The van der Waals surface area contributed by atoms with Crippen LogP contribution in [0.1, 0.15) is 48.0 Å². The molecule has 0 saturated heterocycles. The molecule has 0 atom stereocenters. The molecule has 5 heteroatoms. The molecule has 0 fully saturated rings. The van der Waals surface area contributed by atoms with E-state index in [0.29, 0.717) is 6.54 Å². The van der Waals surface area contributed by atoms with Gasteiger partial charge >= 0.3 is 6.09 Å². The van der Waals surface area contributed by atoms with E-state index >= 15 is 0 Å². The van der Waals surface area contributed by atoms with Crippen LogP contribution in [0.2, 0.25) is 0 Å². The molecule has 1 amide bonds. The number of alkyl halides is 1. The summed E-state index contributed by atoms with van der Waals surface area (Å²) < 4.78 is 5.34. The highest BCUT2D eigenvalue weighted by Crippen LogP contribution is 2.18. The van der Waals surface area contributed by atoms with Gasteiger partial charge in [0.25, 0.3) is 0 Å². The maximum absolute atomic E-state index is 12.1. The molecule has 4 nitrogen and oxygen atoms in total. The first-order chi connectivity index (χ1) is 7.97. The SMILES string of the molecule is CC(C)(C)OC(=O)N(CCC(=O)CCl)C(C)(C)C. The van der Waals surface area contributed by atoms with Crippen LogP contribution in [-0.2, 0) is 9.53 Å². The summed E-state index contributed by atoms with van der Waals surface area (Å²) in [4.78, 5) is 24.9. The standard InChI is InChI=1S/C13H24ClNO3/c1-12(2,3)15(8-7-10(16)9-14)11(17)18-13(4,5)6/h7-9H2,1-6H3. The third kappa shape index (κ3) is 6.84. The van der Waals surface area contributed by atoms with Crippen LogP contribution in [0.5, 0.6) is 0 Å². The largest absolute Gasteiger partial charge is 0.444 e. The third-order valence-electron chi connectivity index (χ3n) is 2.19. The fourth-order valence-electron chi connectivity index (χ4n) is 1.32. The van der Waals surface area contributed by atoms with Crippen LogP contribution in [-0.4, -0.2) is 40.3 Å². The Morgan fingerprint density at radius 1 is 1.11 bits per heavy atom. The number of amides is 1. The van der Waals surface area contributed by atoms with Gasteiger partial charge in [0.2, 0.25) is 0 Å². The smallest absolute Gasteiger partial charge is 0.410 e. The van der Waals surface area contributed by atoms with Gasteiger partial charge in [-0.1, -0.05) is 0 Å². The van der Waals surface area contributed by atoms with Gasteiger partial charge in [0, 0.05) is 18.5 Å². The van der Waals surface area contributed by atoms with Gasteiger partial charge in [0.15, 0.2) is 0 Å². The van der Waals surface area contributed by atoms with Crippen LogP contribution in [0.3, 0.4) is 0 Å². The number of hydrogen-bond donors (Lipinski definition) is 0. The fourth-order valence-corrected chi connectivity index (χ4v) is 1.45. The molecule has 0 bridgehead atoms. The van der Waals surface area contributed by atoms with Gasteiger partial charge in [-0.15, -0.1) is 11.6 Å². The summed E-state index contributed by atoms with van der Waals surface area (Å²) >= 11 is 5.45. The minimum Gasteiger partial charge on any atom is -0.444 e. The molecule has 106 valence electrons. The van der Waals surface area contributed by atoms with Crippen molar-refractivity contribution in [1.29, 1.82) is 0 Å². The first kappa shape index (κ1) is 17.2. The minimum atomic E-state index is -0.545. The lowest BCUT2D eigenvalue weighted by molar-refractivity contribution is -0.117. The number of rotatable bonds is 4. The number of ketones is 1. The van der Waals surface area contributed by atoms with Crippen molar-refractivity contribution in [2.24, 2.45) is 0 Å². The average Bonchev–Trinajstić information content (AvgIpc) is 2.12. The molecule has 0 saturated carbocycles. The summed E-state index contributed by atoms with van der Waals surface area (Å²) in [7, 11) is 0. The molecule has 0 aliphatic rings. The lowest BCUT2D eigenvalue weighted by Gasteiger charge is -2.36. The van der Waals surface area contributed by atoms with E-state index in [9.17, 15) is 9.59 Å². The zero-order chi connectivity index (χ0) is 14.6. The monoisotopic (exact) mass is 277 g/mol. The predicted molar refractivity (Wildman–Crippen MR) is 73.0 cm³/mol. The number of halogens is 1. The highest BCUT2D eigenvalue weighted by Gasteiger charge is 2.30. The van der Waals surface area contributed by atoms with Crippen LogP contribution in [0.25, 0.3) is 0 Å². The van der Waals surface area contributed by atoms with Crippen molar-refractivity contribution in [2.75, 3.05) is 12.4 Å². The van der Waals surface area contributed by atoms with Gasteiger partial charge in [-0.3, -0.25) is 4.79 Å². The van der Waals surface area contributed by atoms with Gasteiger partial charge in [0.1, 0.15) is 11.4 Å². The van der Waals surface area contributed by atoms with Crippen LogP contribution in [0.4, 0.5) is 4.79 Å². The minimum absolute atomic E-state index is 0.0215. The van der Waals surface area contributed by atoms with Crippen molar-refractivity contribution < 1.29 is 14.3 Å². The zero-order valence-electron chi connectivity index (χ0n) is 12.2. The maximum atomic E-state index is 12.1. The van der Waals surface area contributed by atoms with Gasteiger partial charge in [-0.05, 0) is 41.5 Å². The quantitative estimate of drug-likeness (QED) is 0.741. The molecule has 0 unspecified atom stereocenters. The van der Waals surface area contributed by atoms with Crippen molar-refractivity contribution in [3.63, 3.8) is 0 Å². The van der Waals surface area contributed by atoms with Crippen molar-refractivity contribution in [1.82, 2.24) is 4.90 Å². The third-order valence-corrected chi connectivity index (χ3v) is 2.49.